The van der Waals surface area contributed by atoms with E-state index in [1.165, 1.54) is 13.3 Å². The van der Waals surface area contributed by atoms with Crippen LogP contribution in [0, 0.1) is 0 Å². The number of halogens is 3. The molecule has 2 aromatic heterocycles. The zero-order valence-corrected chi connectivity index (χ0v) is 15.3. The summed E-state index contributed by atoms with van der Waals surface area (Å²) in [5.41, 5.74) is 1.92. The maximum Gasteiger partial charge on any atom is 0.405 e. The second kappa shape index (κ2) is 6.83. The number of para-hydroxylation sites is 1. The maximum atomic E-state index is 12.3. The SMILES string of the molecule is COc1ccc(-c2ncc(C(=O)NCC(F)(F)F)s2)c2c1oc1ccccc12. The van der Waals surface area contributed by atoms with Crippen LogP contribution in [0.3, 0.4) is 0 Å². The number of amides is 1. The molecule has 0 radical (unpaired) electrons. The monoisotopic (exact) mass is 406 g/mol. The molecule has 0 saturated carbocycles. The molecule has 0 aliphatic carbocycles. The summed E-state index contributed by atoms with van der Waals surface area (Å²) in [6, 6.07) is 11.0. The van der Waals surface area contributed by atoms with Crippen molar-refractivity contribution in [3.63, 3.8) is 0 Å². The number of fused-ring (bicyclic) bond motifs is 3. The third kappa shape index (κ3) is 3.29. The summed E-state index contributed by atoms with van der Waals surface area (Å²) in [5.74, 6) is -0.266. The molecule has 0 aliphatic rings. The summed E-state index contributed by atoms with van der Waals surface area (Å²) >= 11 is 1.01. The topological polar surface area (TPSA) is 64.4 Å². The predicted octanol–water partition coefficient (Wildman–Crippen LogP) is 5.01. The van der Waals surface area contributed by atoms with Crippen molar-refractivity contribution in [2.24, 2.45) is 0 Å². The number of ether oxygens (including phenoxy) is 1. The standard InChI is InChI=1S/C19H13F3N2O3S/c1-26-13-7-6-11(15-10-4-2-3-5-12(10)27-16(13)15)18-23-8-14(28-18)17(25)24-9-19(20,21)22/h2-8H,9H2,1H3,(H,24,25). The normalized spacial score (nSPS) is 11.9. The van der Waals surface area contributed by atoms with Gasteiger partial charge in [-0.15, -0.1) is 11.3 Å². The van der Waals surface area contributed by atoms with Crippen molar-refractivity contribution < 1.29 is 27.1 Å². The van der Waals surface area contributed by atoms with E-state index in [9.17, 15) is 18.0 Å². The molecule has 0 atom stereocenters. The van der Waals surface area contributed by atoms with Crippen LogP contribution in [0.5, 0.6) is 5.75 Å². The van der Waals surface area contributed by atoms with Gasteiger partial charge in [0.1, 0.15) is 22.0 Å². The quantitative estimate of drug-likeness (QED) is 0.517. The summed E-state index contributed by atoms with van der Waals surface area (Å²) in [5, 5.41) is 3.97. The van der Waals surface area contributed by atoms with Crippen molar-refractivity contribution in [2.75, 3.05) is 13.7 Å². The number of alkyl halides is 3. The minimum atomic E-state index is -4.47. The predicted molar refractivity (Wildman–Crippen MR) is 99.8 cm³/mol. The van der Waals surface area contributed by atoms with Gasteiger partial charge in [0.2, 0.25) is 0 Å². The van der Waals surface area contributed by atoms with Gasteiger partial charge in [-0.2, -0.15) is 13.2 Å². The lowest BCUT2D eigenvalue weighted by molar-refractivity contribution is -0.123. The highest BCUT2D eigenvalue weighted by Gasteiger charge is 2.28. The minimum Gasteiger partial charge on any atom is -0.493 e. The molecule has 2 heterocycles. The Kier molecular flexibility index (Phi) is 4.46. The number of carbonyl (C=O) groups is 1. The highest BCUT2D eigenvalue weighted by molar-refractivity contribution is 7.17. The fraction of sp³-hybridized carbons (Fsp3) is 0.158. The lowest BCUT2D eigenvalue weighted by atomic mass is 10.1. The van der Waals surface area contributed by atoms with Crippen molar-refractivity contribution in [3.05, 3.63) is 47.5 Å². The zero-order chi connectivity index (χ0) is 19.9. The number of rotatable bonds is 4. The van der Waals surface area contributed by atoms with Crippen molar-refractivity contribution in [3.8, 4) is 16.3 Å². The van der Waals surface area contributed by atoms with Crippen LogP contribution in [0.15, 0.2) is 47.0 Å². The van der Waals surface area contributed by atoms with E-state index in [-0.39, 0.29) is 4.88 Å². The van der Waals surface area contributed by atoms with Crippen LogP contribution < -0.4 is 10.1 Å². The first-order valence-electron chi connectivity index (χ1n) is 8.17. The fourth-order valence-corrected chi connectivity index (χ4v) is 3.78. The van der Waals surface area contributed by atoms with Gasteiger partial charge in [-0.05, 0) is 18.2 Å². The Morgan fingerprint density at radius 3 is 2.79 bits per heavy atom. The molecular weight excluding hydrogens is 393 g/mol. The Balaban J connectivity index is 1.78. The molecule has 0 unspecified atom stereocenters. The number of hydrogen-bond donors (Lipinski definition) is 1. The Labute approximate surface area is 160 Å². The summed E-state index contributed by atoms with van der Waals surface area (Å²) in [7, 11) is 1.54. The van der Waals surface area contributed by atoms with E-state index < -0.39 is 18.6 Å². The average Bonchev–Trinajstić information content (AvgIpc) is 3.30. The van der Waals surface area contributed by atoms with Gasteiger partial charge < -0.3 is 14.5 Å². The fourth-order valence-electron chi connectivity index (χ4n) is 2.91. The van der Waals surface area contributed by atoms with E-state index in [1.54, 1.807) is 12.1 Å². The van der Waals surface area contributed by atoms with E-state index in [1.807, 2.05) is 29.6 Å². The van der Waals surface area contributed by atoms with Gasteiger partial charge in [-0.3, -0.25) is 4.79 Å². The van der Waals surface area contributed by atoms with Crippen molar-refractivity contribution in [1.82, 2.24) is 10.3 Å². The molecule has 0 spiro atoms. The maximum absolute atomic E-state index is 12.3. The first-order valence-corrected chi connectivity index (χ1v) is 8.98. The molecule has 0 aliphatic heterocycles. The van der Waals surface area contributed by atoms with Gasteiger partial charge in [0.05, 0.1) is 13.3 Å². The third-order valence-electron chi connectivity index (χ3n) is 4.12. The number of hydrogen-bond acceptors (Lipinski definition) is 5. The molecular formula is C19H13F3N2O3S. The van der Waals surface area contributed by atoms with Gasteiger partial charge in [0.15, 0.2) is 11.3 Å². The lowest BCUT2D eigenvalue weighted by Gasteiger charge is -2.06. The van der Waals surface area contributed by atoms with Crippen LogP contribution in [-0.4, -0.2) is 30.7 Å². The molecule has 9 heteroatoms. The van der Waals surface area contributed by atoms with Crippen LogP contribution in [0.25, 0.3) is 32.5 Å². The van der Waals surface area contributed by atoms with E-state index in [4.69, 9.17) is 9.15 Å². The molecule has 0 saturated heterocycles. The number of benzene rings is 2. The zero-order valence-electron chi connectivity index (χ0n) is 14.5. The number of aromatic nitrogens is 1. The van der Waals surface area contributed by atoms with Crippen molar-refractivity contribution >= 4 is 39.2 Å². The van der Waals surface area contributed by atoms with E-state index >= 15 is 0 Å². The smallest absolute Gasteiger partial charge is 0.405 e. The van der Waals surface area contributed by atoms with Gasteiger partial charge in [0.25, 0.3) is 5.91 Å². The van der Waals surface area contributed by atoms with Gasteiger partial charge in [-0.25, -0.2) is 4.98 Å². The lowest BCUT2D eigenvalue weighted by Crippen LogP contribution is -2.33. The van der Waals surface area contributed by atoms with E-state index in [0.29, 0.717) is 27.5 Å². The number of thiazole rings is 1. The number of carbonyl (C=O) groups excluding carboxylic acids is 1. The van der Waals surface area contributed by atoms with E-state index in [2.05, 4.69) is 4.98 Å². The molecule has 1 amide bonds. The highest BCUT2D eigenvalue weighted by atomic mass is 32.1. The second-order valence-corrected chi connectivity index (χ2v) is 6.98. The van der Waals surface area contributed by atoms with Gasteiger partial charge in [-0.1, -0.05) is 18.2 Å². The second-order valence-electron chi connectivity index (χ2n) is 5.95. The minimum absolute atomic E-state index is 0.0935. The van der Waals surface area contributed by atoms with Gasteiger partial charge >= 0.3 is 6.18 Å². The first-order chi connectivity index (χ1) is 13.4. The molecule has 4 rings (SSSR count). The third-order valence-corrected chi connectivity index (χ3v) is 5.15. The van der Waals surface area contributed by atoms with Crippen LogP contribution >= 0.6 is 11.3 Å². The number of nitrogens with zero attached hydrogens (tertiary/aromatic N) is 1. The summed E-state index contributed by atoms with van der Waals surface area (Å²) in [4.78, 5) is 16.3. The molecule has 0 fully saturated rings. The molecule has 144 valence electrons. The molecule has 4 aromatic rings. The average molecular weight is 406 g/mol. The van der Waals surface area contributed by atoms with Crippen LogP contribution in [0.1, 0.15) is 9.67 Å². The van der Waals surface area contributed by atoms with Crippen LogP contribution in [0.4, 0.5) is 13.2 Å². The summed E-state index contributed by atoms with van der Waals surface area (Å²) in [6.07, 6.45) is -3.20. The largest absolute Gasteiger partial charge is 0.493 e. The molecule has 5 nitrogen and oxygen atoms in total. The van der Waals surface area contributed by atoms with Crippen LogP contribution in [-0.2, 0) is 0 Å². The highest BCUT2D eigenvalue weighted by Crippen LogP contribution is 2.41. The number of methoxy groups -OCH3 is 1. The molecule has 1 N–H and O–H groups in total. The molecule has 0 bridgehead atoms. The summed E-state index contributed by atoms with van der Waals surface area (Å²) in [6.45, 7) is -1.39. The van der Waals surface area contributed by atoms with Crippen molar-refractivity contribution in [2.45, 2.75) is 6.18 Å². The van der Waals surface area contributed by atoms with E-state index in [0.717, 1.165) is 22.1 Å². The number of furan rings is 1. The Morgan fingerprint density at radius 2 is 2.04 bits per heavy atom. The number of nitrogens with one attached hydrogen (secondary N) is 1. The van der Waals surface area contributed by atoms with Gasteiger partial charge in [0, 0.05) is 16.3 Å². The summed E-state index contributed by atoms with van der Waals surface area (Å²) < 4.78 is 48.2. The Morgan fingerprint density at radius 1 is 1.25 bits per heavy atom. The Bertz CT molecular complexity index is 1180. The first kappa shape index (κ1) is 18.3. The van der Waals surface area contributed by atoms with Crippen molar-refractivity contribution in [1.29, 1.82) is 0 Å². The molecule has 2 aromatic carbocycles. The Hall–Kier alpha value is -3.07. The molecule has 28 heavy (non-hydrogen) atoms. The van der Waals surface area contributed by atoms with Crippen LogP contribution in [0.2, 0.25) is 0 Å².